The van der Waals surface area contributed by atoms with Crippen LogP contribution in [0.15, 0.2) is 12.1 Å². The largest absolute Gasteiger partial charge is 0.489 e. The Morgan fingerprint density at radius 2 is 2.03 bits per heavy atom. The first kappa shape index (κ1) is 25.0. The summed E-state index contributed by atoms with van der Waals surface area (Å²) in [4.78, 5) is 17.3. The van der Waals surface area contributed by atoms with Crippen molar-refractivity contribution in [3.8, 4) is 23.1 Å². The first-order valence-electron chi connectivity index (χ1n) is 12.2. The van der Waals surface area contributed by atoms with Crippen LogP contribution in [-0.4, -0.2) is 69.9 Å². The average molecular weight is 519 g/mol. The number of aryl methyl sites for hydroxylation is 2. The van der Waals surface area contributed by atoms with Gasteiger partial charge in [0.05, 0.1) is 35.7 Å². The second-order valence-electron chi connectivity index (χ2n) is 9.77. The average Bonchev–Trinajstić information content (AvgIpc) is 3.44. The number of ether oxygens (including phenoxy) is 2. The van der Waals surface area contributed by atoms with E-state index in [1.165, 1.54) is 4.80 Å². The van der Waals surface area contributed by atoms with Crippen molar-refractivity contribution in [2.75, 3.05) is 6.61 Å². The highest BCUT2D eigenvalue weighted by molar-refractivity contribution is 5.70. The zero-order chi connectivity index (χ0) is 26.2. The van der Waals surface area contributed by atoms with Gasteiger partial charge in [-0.15, -0.1) is 5.10 Å². The predicted octanol–water partition coefficient (Wildman–Crippen LogP) is 2.67. The number of rotatable bonds is 9. The molecule has 3 aromatic rings. The van der Waals surface area contributed by atoms with E-state index in [0.717, 1.165) is 12.8 Å². The van der Waals surface area contributed by atoms with E-state index in [1.54, 1.807) is 17.8 Å². The normalized spacial score (nSPS) is 21.4. The summed E-state index contributed by atoms with van der Waals surface area (Å²) in [6.07, 6.45) is 2.24. The van der Waals surface area contributed by atoms with Gasteiger partial charge in [0.1, 0.15) is 18.0 Å². The quantitative estimate of drug-likeness (QED) is 0.449. The highest BCUT2D eigenvalue weighted by Gasteiger charge is 2.45. The van der Waals surface area contributed by atoms with Crippen LogP contribution in [0, 0.1) is 18.8 Å². The van der Waals surface area contributed by atoms with Crippen molar-refractivity contribution in [2.24, 2.45) is 18.9 Å². The van der Waals surface area contributed by atoms with Gasteiger partial charge in [0, 0.05) is 25.8 Å². The van der Waals surface area contributed by atoms with Crippen LogP contribution < -0.4 is 9.47 Å². The molecule has 0 saturated heterocycles. The van der Waals surface area contributed by atoms with Crippen molar-refractivity contribution in [3.05, 3.63) is 23.5 Å². The fraction of sp³-hybridized carbons (Fsp3) is 0.609. The Bertz CT molecular complexity index is 1270. The molecule has 0 aromatic carbocycles. The van der Waals surface area contributed by atoms with E-state index in [2.05, 4.69) is 30.7 Å². The maximum absolute atomic E-state index is 13.0. The lowest BCUT2D eigenvalue weighted by Gasteiger charge is -2.34. The lowest BCUT2D eigenvalue weighted by Crippen LogP contribution is -2.38. The Balaban J connectivity index is 1.24. The van der Waals surface area contributed by atoms with E-state index in [1.807, 2.05) is 13.0 Å². The molecule has 3 aromatic heterocycles. The highest BCUT2D eigenvalue weighted by Crippen LogP contribution is 2.42. The Morgan fingerprint density at radius 1 is 1.22 bits per heavy atom. The van der Waals surface area contributed by atoms with Gasteiger partial charge in [-0.2, -0.15) is 4.80 Å². The first-order valence-corrected chi connectivity index (χ1v) is 12.2. The van der Waals surface area contributed by atoms with Crippen LogP contribution in [0.5, 0.6) is 11.8 Å². The van der Waals surface area contributed by atoms with Crippen LogP contribution in [0.2, 0.25) is 0 Å². The molecule has 0 unspecified atom stereocenters. The molecule has 0 spiro atoms. The number of carboxylic acid groups (broad SMARTS) is 1. The molecule has 2 atom stereocenters. The molecule has 0 radical (unpaired) electrons. The maximum Gasteiger partial charge on any atom is 0.356 e. The van der Waals surface area contributed by atoms with E-state index in [-0.39, 0.29) is 49.9 Å². The molecule has 5 rings (SSSR count). The Kier molecular flexibility index (Phi) is 6.73. The molecule has 0 aliphatic heterocycles. The minimum absolute atomic E-state index is 0.0233. The van der Waals surface area contributed by atoms with Gasteiger partial charge in [-0.25, -0.2) is 18.4 Å². The molecule has 12 nitrogen and oxygen atoms in total. The third-order valence-corrected chi connectivity index (χ3v) is 6.84. The van der Waals surface area contributed by atoms with Crippen molar-refractivity contribution in [3.63, 3.8) is 0 Å². The fourth-order valence-corrected chi connectivity index (χ4v) is 4.80. The van der Waals surface area contributed by atoms with Crippen molar-refractivity contribution in [1.82, 2.24) is 40.2 Å². The third kappa shape index (κ3) is 5.67. The number of tetrazole rings is 1. The van der Waals surface area contributed by atoms with E-state index < -0.39 is 11.9 Å². The second-order valence-corrected chi connectivity index (χ2v) is 9.77. The fourth-order valence-electron chi connectivity index (χ4n) is 4.80. The third-order valence-electron chi connectivity index (χ3n) is 6.84. The Labute approximate surface area is 211 Å². The van der Waals surface area contributed by atoms with E-state index in [0.29, 0.717) is 41.4 Å². The standard InChI is InChI=1S/C23H28F2N8O4/c1-13-19(37-16-5-3-4-15(8-16)21(34)35)7-6-17(26-13)20-18(32(2)30-27-20)11-33-29-22(28-31-33)36-12-14-9-23(24,25)10-14/h6-7,14-16H,3-5,8-12H2,1-2H3,(H,34,35)/t15-,16-/m0/s1. The van der Waals surface area contributed by atoms with E-state index >= 15 is 0 Å². The van der Waals surface area contributed by atoms with Crippen molar-refractivity contribution < 1.29 is 28.2 Å². The summed E-state index contributed by atoms with van der Waals surface area (Å²) in [5.41, 5.74) is 2.46. The SMILES string of the molecule is Cc1nc(-c2nnn(C)c2Cn2nnc(OCC3CC(F)(F)C3)n2)ccc1O[C@H]1CCC[C@H](C(=O)O)C1. The molecule has 1 N–H and O–H groups in total. The summed E-state index contributed by atoms with van der Waals surface area (Å²) in [7, 11) is 1.74. The number of hydrogen-bond donors (Lipinski definition) is 1. The smallest absolute Gasteiger partial charge is 0.356 e. The molecule has 37 heavy (non-hydrogen) atoms. The zero-order valence-electron chi connectivity index (χ0n) is 20.5. The first-order chi connectivity index (χ1) is 17.7. The van der Waals surface area contributed by atoms with Crippen molar-refractivity contribution in [1.29, 1.82) is 0 Å². The number of alkyl halides is 2. The lowest BCUT2D eigenvalue weighted by atomic mass is 9.82. The minimum Gasteiger partial charge on any atom is -0.489 e. The van der Waals surface area contributed by atoms with Gasteiger partial charge in [0.15, 0.2) is 0 Å². The van der Waals surface area contributed by atoms with Crippen LogP contribution in [0.25, 0.3) is 11.4 Å². The second kappa shape index (κ2) is 9.98. The van der Waals surface area contributed by atoms with Gasteiger partial charge in [-0.1, -0.05) is 15.4 Å². The maximum atomic E-state index is 13.0. The van der Waals surface area contributed by atoms with E-state index in [9.17, 15) is 18.7 Å². The van der Waals surface area contributed by atoms with Crippen LogP contribution in [0.4, 0.5) is 8.78 Å². The van der Waals surface area contributed by atoms with Gasteiger partial charge in [-0.05, 0) is 50.0 Å². The molecule has 14 heteroatoms. The summed E-state index contributed by atoms with van der Waals surface area (Å²) < 4.78 is 39.1. The van der Waals surface area contributed by atoms with Crippen LogP contribution in [-0.2, 0) is 18.4 Å². The Hall–Kier alpha value is -3.71. The lowest BCUT2D eigenvalue weighted by molar-refractivity contribution is -0.143. The minimum atomic E-state index is -2.60. The summed E-state index contributed by atoms with van der Waals surface area (Å²) in [6.45, 7) is 2.14. The number of pyridine rings is 1. The van der Waals surface area contributed by atoms with Crippen molar-refractivity contribution >= 4 is 5.97 Å². The van der Waals surface area contributed by atoms with Gasteiger partial charge in [-0.3, -0.25) is 4.79 Å². The molecule has 198 valence electrons. The molecule has 2 fully saturated rings. The molecule has 0 amide bonds. The predicted molar refractivity (Wildman–Crippen MR) is 123 cm³/mol. The van der Waals surface area contributed by atoms with E-state index in [4.69, 9.17) is 9.47 Å². The number of carbonyl (C=O) groups is 1. The number of aliphatic carboxylic acids is 1. The van der Waals surface area contributed by atoms with Gasteiger partial charge < -0.3 is 14.6 Å². The monoisotopic (exact) mass is 518 g/mol. The van der Waals surface area contributed by atoms with Gasteiger partial charge in [0.25, 0.3) is 0 Å². The van der Waals surface area contributed by atoms with Crippen molar-refractivity contribution in [2.45, 2.75) is 64.0 Å². The molecular formula is C23H28F2N8O4. The molecular weight excluding hydrogens is 490 g/mol. The molecule has 0 bridgehead atoms. The Morgan fingerprint density at radius 3 is 2.76 bits per heavy atom. The topological polar surface area (TPSA) is 143 Å². The molecule has 2 aliphatic rings. The number of halogens is 2. The molecule has 3 heterocycles. The zero-order valence-corrected chi connectivity index (χ0v) is 20.5. The van der Waals surface area contributed by atoms with Gasteiger partial charge >= 0.3 is 12.0 Å². The highest BCUT2D eigenvalue weighted by atomic mass is 19.3. The number of carboxylic acids is 1. The summed E-state index contributed by atoms with van der Waals surface area (Å²) in [6, 6.07) is 3.62. The number of nitrogens with zero attached hydrogens (tertiary/aromatic N) is 8. The molecule has 2 saturated carbocycles. The summed E-state index contributed by atoms with van der Waals surface area (Å²) >= 11 is 0. The van der Waals surface area contributed by atoms with Crippen LogP contribution in [0.3, 0.4) is 0 Å². The van der Waals surface area contributed by atoms with Gasteiger partial charge in [0.2, 0.25) is 5.92 Å². The summed E-state index contributed by atoms with van der Waals surface area (Å²) in [5.74, 6) is -3.37. The molecule has 2 aliphatic carbocycles. The number of hydrogen-bond acceptors (Lipinski definition) is 9. The summed E-state index contributed by atoms with van der Waals surface area (Å²) in [5, 5.41) is 29.7. The number of aromatic nitrogens is 8. The van der Waals surface area contributed by atoms with Crippen LogP contribution in [0.1, 0.15) is 49.9 Å². The van der Waals surface area contributed by atoms with Crippen LogP contribution >= 0.6 is 0 Å².